The highest BCUT2D eigenvalue weighted by Crippen LogP contribution is 2.25. The molecule has 2 aromatic carbocycles. The van der Waals surface area contributed by atoms with Crippen molar-refractivity contribution in [3.63, 3.8) is 0 Å². The Hall–Kier alpha value is -2.05. The molecule has 0 unspecified atom stereocenters. The monoisotopic (exact) mass is 352 g/mol. The average molecular weight is 353 g/mol. The Bertz CT molecular complexity index is 864. The van der Waals surface area contributed by atoms with Gasteiger partial charge in [-0.3, -0.25) is 9.52 Å². The number of hydrogen-bond acceptors (Lipinski definition) is 3. The average Bonchev–Trinajstić information content (AvgIpc) is 2.44. The summed E-state index contributed by atoms with van der Waals surface area (Å²) in [5, 5.41) is 2.98. The number of benzene rings is 2. The van der Waals surface area contributed by atoms with Crippen molar-refractivity contribution in [3.8, 4) is 0 Å². The van der Waals surface area contributed by atoms with E-state index in [2.05, 4.69) is 10.0 Å². The van der Waals surface area contributed by atoms with E-state index in [-0.39, 0.29) is 16.6 Å². The number of sulfonamides is 1. The highest BCUT2D eigenvalue weighted by Gasteiger charge is 2.12. The van der Waals surface area contributed by atoms with Crippen LogP contribution >= 0.6 is 11.6 Å². The Labute approximate surface area is 140 Å². The van der Waals surface area contributed by atoms with Crippen molar-refractivity contribution < 1.29 is 13.2 Å². The minimum absolute atomic E-state index is 0.157. The molecule has 0 heterocycles. The second-order valence-electron chi connectivity index (χ2n) is 5.27. The Morgan fingerprint density at radius 1 is 1.09 bits per heavy atom. The second-order valence-corrected chi connectivity index (χ2v) is 7.43. The summed E-state index contributed by atoms with van der Waals surface area (Å²) in [6.07, 6.45) is 1.03. The molecule has 0 aliphatic carbocycles. The van der Waals surface area contributed by atoms with E-state index in [1.807, 2.05) is 32.0 Å². The number of anilines is 2. The maximum Gasteiger partial charge on any atom is 0.255 e. The largest absolute Gasteiger partial charge is 0.322 e. The van der Waals surface area contributed by atoms with Crippen LogP contribution in [0.1, 0.15) is 21.5 Å². The Morgan fingerprint density at radius 3 is 2.39 bits per heavy atom. The number of hydrogen-bond donors (Lipinski definition) is 2. The second kappa shape index (κ2) is 6.60. The van der Waals surface area contributed by atoms with Crippen LogP contribution in [0.4, 0.5) is 11.4 Å². The van der Waals surface area contributed by atoms with E-state index < -0.39 is 10.0 Å². The minimum Gasteiger partial charge on any atom is -0.322 e. The maximum absolute atomic E-state index is 12.3. The third-order valence-electron chi connectivity index (χ3n) is 3.38. The van der Waals surface area contributed by atoms with Crippen LogP contribution in [0.2, 0.25) is 5.02 Å². The Morgan fingerprint density at radius 2 is 1.78 bits per heavy atom. The SMILES string of the molecule is Cc1cccc(NC(=O)c2ccc(NS(C)(=O)=O)c(Cl)c2)c1C. The smallest absolute Gasteiger partial charge is 0.255 e. The van der Waals surface area contributed by atoms with E-state index in [0.29, 0.717) is 5.56 Å². The molecule has 23 heavy (non-hydrogen) atoms. The van der Waals surface area contributed by atoms with E-state index in [4.69, 9.17) is 11.6 Å². The van der Waals surface area contributed by atoms with E-state index in [1.165, 1.54) is 18.2 Å². The van der Waals surface area contributed by atoms with Crippen LogP contribution in [0.15, 0.2) is 36.4 Å². The molecule has 0 aliphatic heterocycles. The summed E-state index contributed by atoms with van der Waals surface area (Å²) in [6, 6.07) is 10.1. The van der Waals surface area contributed by atoms with E-state index >= 15 is 0 Å². The van der Waals surface area contributed by atoms with Gasteiger partial charge in [-0.15, -0.1) is 0 Å². The van der Waals surface area contributed by atoms with Crippen molar-refractivity contribution in [2.24, 2.45) is 0 Å². The lowest BCUT2D eigenvalue weighted by Crippen LogP contribution is -2.14. The number of rotatable bonds is 4. The Balaban J connectivity index is 2.23. The molecule has 0 aliphatic rings. The normalized spacial score (nSPS) is 11.1. The molecular formula is C16H17ClN2O3S. The molecule has 7 heteroatoms. The van der Waals surface area contributed by atoms with Crippen LogP contribution < -0.4 is 10.0 Å². The molecule has 122 valence electrons. The summed E-state index contributed by atoms with van der Waals surface area (Å²) in [6.45, 7) is 3.89. The fourth-order valence-corrected chi connectivity index (χ4v) is 2.88. The quantitative estimate of drug-likeness (QED) is 0.883. The molecule has 0 radical (unpaired) electrons. The third-order valence-corrected chi connectivity index (χ3v) is 4.28. The van der Waals surface area contributed by atoms with Gasteiger partial charge in [0.15, 0.2) is 0 Å². The lowest BCUT2D eigenvalue weighted by Gasteiger charge is -2.11. The van der Waals surface area contributed by atoms with E-state index in [0.717, 1.165) is 23.1 Å². The zero-order chi connectivity index (χ0) is 17.2. The molecule has 0 atom stereocenters. The number of carbonyl (C=O) groups excluding carboxylic acids is 1. The van der Waals surface area contributed by atoms with E-state index in [9.17, 15) is 13.2 Å². The standard InChI is InChI=1S/C16H17ClN2O3S/c1-10-5-4-6-14(11(10)2)18-16(20)12-7-8-15(13(17)9-12)19-23(3,21)22/h4-9,19H,1-3H3,(H,18,20). The molecule has 0 bridgehead atoms. The van der Waals surface area contributed by atoms with Crippen molar-refractivity contribution in [3.05, 3.63) is 58.1 Å². The van der Waals surface area contributed by atoms with Gasteiger partial charge < -0.3 is 5.32 Å². The molecule has 0 fully saturated rings. The maximum atomic E-state index is 12.3. The van der Waals surface area contributed by atoms with Gasteiger partial charge >= 0.3 is 0 Å². The van der Waals surface area contributed by atoms with Gasteiger partial charge in [-0.2, -0.15) is 0 Å². The highest BCUT2D eigenvalue weighted by atomic mass is 35.5. The van der Waals surface area contributed by atoms with Gasteiger partial charge in [0.1, 0.15) is 0 Å². The lowest BCUT2D eigenvalue weighted by molar-refractivity contribution is 0.102. The molecule has 1 amide bonds. The predicted octanol–water partition coefficient (Wildman–Crippen LogP) is 3.58. The fourth-order valence-electron chi connectivity index (χ4n) is 2.02. The summed E-state index contributed by atoms with van der Waals surface area (Å²) in [7, 11) is -3.43. The van der Waals surface area contributed by atoms with Crippen LogP contribution in [-0.2, 0) is 10.0 Å². The van der Waals surface area contributed by atoms with Gasteiger partial charge in [0.05, 0.1) is 17.0 Å². The zero-order valence-corrected chi connectivity index (χ0v) is 14.5. The summed E-state index contributed by atoms with van der Waals surface area (Å²) >= 11 is 6.03. The predicted molar refractivity (Wildman–Crippen MR) is 93.8 cm³/mol. The fraction of sp³-hybridized carbons (Fsp3) is 0.188. The first-order valence-corrected chi connectivity index (χ1v) is 9.09. The Kier molecular flexibility index (Phi) is 4.97. The van der Waals surface area contributed by atoms with Crippen LogP contribution in [0.25, 0.3) is 0 Å². The first kappa shape index (κ1) is 17.3. The minimum atomic E-state index is -3.43. The van der Waals surface area contributed by atoms with Crippen molar-refractivity contribution in [1.82, 2.24) is 0 Å². The van der Waals surface area contributed by atoms with Crippen molar-refractivity contribution >= 4 is 38.9 Å². The first-order valence-electron chi connectivity index (χ1n) is 6.82. The van der Waals surface area contributed by atoms with Crippen molar-refractivity contribution in [1.29, 1.82) is 0 Å². The summed E-state index contributed by atoms with van der Waals surface area (Å²) in [5.74, 6) is -0.313. The molecule has 2 N–H and O–H groups in total. The number of amides is 1. The molecule has 0 aromatic heterocycles. The highest BCUT2D eigenvalue weighted by molar-refractivity contribution is 7.92. The van der Waals surface area contributed by atoms with Gasteiger partial charge in [0.25, 0.3) is 5.91 Å². The van der Waals surface area contributed by atoms with Crippen LogP contribution in [0, 0.1) is 13.8 Å². The summed E-state index contributed by atoms with van der Waals surface area (Å²) in [4.78, 5) is 12.3. The first-order chi connectivity index (χ1) is 10.7. The molecule has 5 nitrogen and oxygen atoms in total. The topological polar surface area (TPSA) is 75.3 Å². The number of halogens is 1. The zero-order valence-electron chi connectivity index (χ0n) is 13.0. The molecule has 0 saturated heterocycles. The van der Waals surface area contributed by atoms with Gasteiger partial charge in [-0.1, -0.05) is 23.7 Å². The number of nitrogens with one attached hydrogen (secondary N) is 2. The third kappa shape index (κ3) is 4.46. The molecule has 2 rings (SSSR count). The van der Waals surface area contributed by atoms with Crippen LogP contribution in [-0.4, -0.2) is 20.6 Å². The molecule has 2 aromatic rings. The summed E-state index contributed by atoms with van der Waals surface area (Å²) in [5.41, 5.74) is 3.37. The summed E-state index contributed by atoms with van der Waals surface area (Å²) < 4.78 is 24.8. The van der Waals surface area contributed by atoms with Gasteiger partial charge in [-0.25, -0.2) is 8.42 Å². The molecule has 0 spiro atoms. The lowest BCUT2D eigenvalue weighted by atomic mass is 10.1. The number of carbonyl (C=O) groups is 1. The molecule has 0 saturated carbocycles. The number of aryl methyl sites for hydroxylation is 1. The van der Waals surface area contributed by atoms with Crippen LogP contribution in [0.3, 0.4) is 0 Å². The molecular weight excluding hydrogens is 336 g/mol. The van der Waals surface area contributed by atoms with Crippen LogP contribution in [0.5, 0.6) is 0 Å². The van der Waals surface area contributed by atoms with Gasteiger partial charge in [0.2, 0.25) is 10.0 Å². The van der Waals surface area contributed by atoms with Crippen molar-refractivity contribution in [2.75, 3.05) is 16.3 Å². The van der Waals surface area contributed by atoms with Gasteiger partial charge in [0, 0.05) is 11.3 Å². The van der Waals surface area contributed by atoms with E-state index in [1.54, 1.807) is 0 Å². The van der Waals surface area contributed by atoms with Crippen molar-refractivity contribution in [2.45, 2.75) is 13.8 Å². The van der Waals surface area contributed by atoms with Gasteiger partial charge in [-0.05, 0) is 49.2 Å².